The van der Waals surface area contributed by atoms with E-state index in [0.29, 0.717) is 15.7 Å². The molecule has 22 heavy (non-hydrogen) atoms. The number of ether oxygens (including phenoxy) is 1. The first-order chi connectivity index (χ1) is 10.6. The first kappa shape index (κ1) is 16.2. The van der Waals surface area contributed by atoms with Gasteiger partial charge in [0.15, 0.2) is 0 Å². The predicted octanol–water partition coefficient (Wildman–Crippen LogP) is 4.79. The van der Waals surface area contributed by atoms with E-state index in [0.717, 1.165) is 11.3 Å². The zero-order valence-corrected chi connectivity index (χ0v) is 13.3. The highest BCUT2D eigenvalue weighted by Gasteiger charge is 2.04. The van der Waals surface area contributed by atoms with Gasteiger partial charge in [0.25, 0.3) is 0 Å². The number of hydrogen-bond acceptors (Lipinski definition) is 2. The minimum Gasteiger partial charge on any atom is -0.497 e. The van der Waals surface area contributed by atoms with Crippen molar-refractivity contribution in [2.45, 2.75) is 0 Å². The molecule has 2 N–H and O–H groups in total. The van der Waals surface area contributed by atoms with Crippen molar-refractivity contribution in [2.75, 3.05) is 12.4 Å². The van der Waals surface area contributed by atoms with Crippen molar-refractivity contribution < 1.29 is 9.53 Å². The van der Waals surface area contributed by atoms with Crippen molar-refractivity contribution in [1.29, 1.82) is 0 Å². The maximum atomic E-state index is 11.8. The number of nitrogens with one attached hydrogen (secondary N) is 2. The van der Waals surface area contributed by atoms with Gasteiger partial charge in [-0.3, -0.25) is 0 Å². The van der Waals surface area contributed by atoms with Crippen LogP contribution in [0.15, 0.2) is 48.7 Å². The molecule has 0 bridgehead atoms. The van der Waals surface area contributed by atoms with Crippen LogP contribution in [-0.4, -0.2) is 13.1 Å². The average Bonchev–Trinajstić information content (AvgIpc) is 2.51. The van der Waals surface area contributed by atoms with Crippen molar-refractivity contribution in [1.82, 2.24) is 5.32 Å². The van der Waals surface area contributed by atoms with Crippen LogP contribution in [0.4, 0.5) is 10.5 Å². The summed E-state index contributed by atoms with van der Waals surface area (Å²) in [6.45, 7) is 0. The summed E-state index contributed by atoms with van der Waals surface area (Å²) >= 11 is 11.8. The van der Waals surface area contributed by atoms with Crippen LogP contribution in [0.25, 0.3) is 6.08 Å². The zero-order valence-electron chi connectivity index (χ0n) is 11.8. The second kappa shape index (κ2) is 7.73. The van der Waals surface area contributed by atoms with Crippen molar-refractivity contribution in [3.05, 3.63) is 64.3 Å². The monoisotopic (exact) mass is 336 g/mol. The standard InChI is InChI=1S/C16H14Cl2N2O2/c1-22-13-5-2-11(3-6-13)8-9-19-16(21)20-15-7-4-12(17)10-14(15)18/h2-10H,1H3,(H2,19,20,21)/b9-8+. The lowest BCUT2D eigenvalue weighted by Gasteiger charge is -2.06. The first-order valence-corrected chi connectivity index (χ1v) is 7.17. The molecule has 0 atom stereocenters. The van der Waals surface area contributed by atoms with Gasteiger partial charge in [0.2, 0.25) is 0 Å². The summed E-state index contributed by atoms with van der Waals surface area (Å²) in [5.41, 5.74) is 1.42. The van der Waals surface area contributed by atoms with Crippen LogP contribution in [0.2, 0.25) is 10.0 Å². The molecule has 0 saturated carbocycles. The lowest BCUT2D eigenvalue weighted by molar-refractivity contribution is 0.255. The minimum atomic E-state index is -0.394. The molecule has 4 nitrogen and oxygen atoms in total. The molecule has 0 aliphatic carbocycles. The highest BCUT2D eigenvalue weighted by atomic mass is 35.5. The quantitative estimate of drug-likeness (QED) is 0.842. The van der Waals surface area contributed by atoms with E-state index in [1.807, 2.05) is 24.3 Å². The molecule has 0 radical (unpaired) electrons. The number of urea groups is 1. The third kappa shape index (κ3) is 4.69. The largest absolute Gasteiger partial charge is 0.497 e. The van der Waals surface area contributed by atoms with Crippen LogP contribution in [0, 0.1) is 0 Å². The van der Waals surface area contributed by atoms with Crippen molar-refractivity contribution in [3.63, 3.8) is 0 Å². The fourth-order valence-electron chi connectivity index (χ4n) is 1.68. The molecular formula is C16H14Cl2N2O2. The number of methoxy groups -OCH3 is 1. The van der Waals surface area contributed by atoms with E-state index in [1.54, 1.807) is 37.6 Å². The van der Waals surface area contributed by atoms with Gasteiger partial charge in [-0.05, 0) is 42.0 Å². The summed E-state index contributed by atoms with van der Waals surface area (Å²) in [6, 6.07) is 11.9. The Hall–Kier alpha value is -2.17. The van der Waals surface area contributed by atoms with E-state index in [4.69, 9.17) is 27.9 Å². The van der Waals surface area contributed by atoms with Gasteiger partial charge in [-0.25, -0.2) is 4.79 Å². The molecule has 2 amide bonds. The van der Waals surface area contributed by atoms with E-state index in [9.17, 15) is 4.79 Å². The fraction of sp³-hybridized carbons (Fsp3) is 0.0625. The Balaban J connectivity index is 1.90. The number of benzene rings is 2. The molecule has 2 aromatic carbocycles. The summed E-state index contributed by atoms with van der Waals surface area (Å²) < 4.78 is 5.07. The van der Waals surface area contributed by atoms with Crippen molar-refractivity contribution >= 4 is 41.0 Å². The van der Waals surface area contributed by atoms with Gasteiger partial charge in [0.05, 0.1) is 17.8 Å². The molecule has 0 unspecified atom stereocenters. The van der Waals surface area contributed by atoms with Crippen LogP contribution < -0.4 is 15.4 Å². The molecule has 2 aromatic rings. The topological polar surface area (TPSA) is 50.4 Å². The Morgan fingerprint density at radius 2 is 1.86 bits per heavy atom. The molecule has 0 heterocycles. The van der Waals surface area contributed by atoms with Crippen LogP contribution in [0.3, 0.4) is 0 Å². The molecule has 0 spiro atoms. The maximum Gasteiger partial charge on any atom is 0.323 e. The second-order valence-corrected chi connectivity index (χ2v) is 5.17. The number of anilines is 1. The van der Waals surface area contributed by atoms with Gasteiger partial charge in [-0.1, -0.05) is 35.3 Å². The molecular weight excluding hydrogens is 323 g/mol. The number of carbonyl (C=O) groups is 1. The minimum absolute atomic E-state index is 0.377. The second-order valence-electron chi connectivity index (χ2n) is 4.33. The molecule has 2 rings (SSSR count). The highest BCUT2D eigenvalue weighted by molar-refractivity contribution is 6.36. The molecule has 0 fully saturated rings. The third-order valence-electron chi connectivity index (χ3n) is 2.79. The summed E-state index contributed by atoms with van der Waals surface area (Å²) in [7, 11) is 1.61. The Morgan fingerprint density at radius 3 is 2.50 bits per heavy atom. The fourth-order valence-corrected chi connectivity index (χ4v) is 2.13. The van der Waals surface area contributed by atoms with Gasteiger partial charge < -0.3 is 15.4 Å². The summed E-state index contributed by atoms with van der Waals surface area (Å²) in [5, 5.41) is 6.11. The predicted molar refractivity (Wildman–Crippen MR) is 90.6 cm³/mol. The number of carbonyl (C=O) groups excluding carboxylic acids is 1. The molecule has 0 saturated heterocycles. The number of hydrogen-bond donors (Lipinski definition) is 2. The molecule has 6 heteroatoms. The molecule has 0 aliphatic rings. The van der Waals surface area contributed by atoms with Crippen LogP contribution >= 0.6 is 23.2 Å². The Morgan fingerprint density at radius 1 is 1.14 bits per heavy atom. The van der Waals surface area contributed by atoms with Crippen LogP contribution in [-0.2, 0) is 0 Å². The van der Waals surface area contributed by atoms with E-state index >= 15 is 0 Å². The van der Waals surface area contributed by atoms with Gasteiger partial charge in [0.1, 0.15) is 5.75 Å². The van der Waals surface area contributed by atoms with Crippen molar-refractivity contribution in [3.8, 4) is 5.75 Å². The number of amides is 2. The summed E-state index contributed by atoms with van der Waals surface area (Å²) in [4.78, 5) is 11.8. The highest BCUT2D eigenvalue weighted by Crippen LogP contribution is 2.25. The molecule has 114 valence electrons. The summed E-state index contributed by atoms with van der Waals surface area (Å²) in [5.74, 6) is 0.778. The summed E-state index contributed by atoms with van der Waals surface area (Å²) in [6.07, 6.45) is 3.31. The van der Waals surface area contributed by atoms with Crippen LogP contribution in [0.5, 0.6) is 5.75 Å². The van der Waals surface area contributed by atoms with Gasteiger partial charge in [-0.2, -0.15) is 0 Å². The van der Waals surface area contributed by atoms with E-state index in [2.05, 4.69) is 10.6 Å². The third-order valence-corrected chi connectivity index (χ3v) is 3.33. The van der Waals surface area contributed by atoms with Crippen LogP contribution in [0.1, 0.15) is 5.56 Å². The zero-order chi connectivity index (χ0) is 15.9. The lowest BCUT2D eigenvalue weighted by Crippen LogP contribution is -2.23. The van der Waals surface area contributed by atoms with E-state index in [-0.39, 0.29) is 0 Å². The SMILES string of the molecule is COc1ccc(/C=C/NC(=O)Nc2ccc(Cl)cc2Cl)cc1. The van der Waals surface area contributed by atoms with E-state index in [1.165, 1.54) is 0 Å². The number of rotatable bonds is 4. The smallest absolute Gasteiger partial charge is 0.323 e. The Bertz CT molecular complexity index is 685. The van der Waals surface area contributed by atoms with Gasteiger partial charge in [0, 0.05) is 11.2 Å². The first-order valence-electron chi connectivity index (χ1n) is 6.41. The Labute approximate surface area is 138 Å². The van der Waals surface area contributed by atoms with Gasteiger partial charge >= 0.3 is 6.03 Å². The molecule has 0 aliphatic heterocycles. The Kier molecular flexibility index (Phi) is 5.69. The molecule has 0 aromatic heterocycles. The van der Waals surface area contributed by atoms with Crippen molar-refractivity contribution in [2.24, 2.45) is 0 Å². The normalized spacial score (nSPS) is 10.5. The lowest BCUT2D eigenvalue weighted by atomic mass is 10.2. The number of halogens is 2. The average molecular weight is 337 g/mol. The van der Waals surface area contributed by atoms with Gasteiger partial charge in [-0.15, -0.1) is 0 Å². The van der Waals surface area contributed by atoms with E-state index < -0.39 is 6.03 Å². The maximum absolute atomic E-state index is 11.8.